The van der Waals surface area contributed by atoms with E-state index in [0.717, 1.165) is 71.0 Å². The molecule has 0 aromatic rings. The summed E-state index contributed by atoms with van der Waals surface area (Å²) in [7, 11) is 0. The molecule has 312 valence electrons. The Morgan fingerprint density at radius 1 is 0.509 bits per heavy atom. The van der Waals surface area contributed by atoms with Crippen LogP contribution in [0, 0.1) is 92.7 Å². The smallest absolute Gasteiger partial charge is 0.0616 e. The third-order valence-corrected chi connectivity index (χ3v) is 20.9. The summed E-state index contributed by atoms with van der Waals surface area (Å²) < 4.78 is 7.26. The third-order valence-electron chi connectivity index (χ3n) is 20.9. The second-order valence-electron chi connectivity index (χ2n) is 24.4. The van der Waals surface area contributed by atoms with E-state index < -0.39 is 0 Å². The summed E-state index contributed by atoms with van der Waals surface area (Å²) in [6, 6.07) is 0. The lowest BCUT2D eigenvalue weighted by Crippen LogP contribution is -2.52. The Hall–Kier alpha value is -0.560. The molecule has 1 nitrogen and oxygen atoms in total. The molecule has 0 aromatic heterocycles. The van der Waals surface area contributed by atoms with Crippen LogP contribution >= 0.6 is 0 Å². The van der Waals surface area contributed by atoms with Crippen molar-refractivity contribution in [1.29, 1.82) is 0 Å². The van der Waals surface area contributed by atoms with Gasteiger partial charge in [0.15, 0.2) is 0 Å². The first-order valence-corrected chi connectivity index (χ1v) is 25.2. The topological polar surface area (TPSA) is 9.23 Å². The van der Waals surface area contributed by atoms with Crippen LogP contribution in [0.25, 0.3) is 0 Å². The van der Waals surface area contributed by atoms with Gasteiger partial charge in [0.2, 0.25) is 0 Å². The van der Waals surface area contributed by atoms with E-state index in [1.807, 2.05) is 11.1 Å². The van der Waals surface area contributed by atoms with E-state index in [9.17, 15) is 0 Å². The Bertz CT molecular complexity index is 1300. The number of hydrogen-bond donors (Lipinski definition) is 0. The van der Waals surface area contributed by atoms with Crippen LogP contribution in [0.5, 0.6) is 0 Å². The zero-order chi connectivity index (χ0) is 38.9. The van der Waals surface area contributed by atoms with Gasteiger partial charge in [-0.3, -0.25) is 0 Å². The fourth-order valence-corrected chi connectivity index (χ4v) is 17.8. The molecular weight excluding hydrogens is 665 g/mol. The van der Waals surface area contributed by atoms with Crippen LogP contribution in [-0.2, 0) is 4.74 Å². The zero-order valence-corrected chi connectivity index (χ0v) is 38.2. The monoisotopic (exact) mass is 755 g/mol. The number of hydrogen-bond acceptors (Lipinski definition) is 1. The number of ether oxygens (including phenoxy) is 1. The van der Waals surface area contributed by atoms with E-state index in [2.05, 4.69) is 81.4 Å². The lowest BCUT2D eigenvalue weighted by atomic mass is 9.46. The average molecular weight is 755 g/mol. The molecule has 0 unspecified atom stereocenters. The van der Waals surface area contributed by atoms with Crippen LogP contribution in [0.3, 0.4) is 0 Å². The Kier molecular flexibility index (Phi) is 11.8. The van der Waals surface area contributed by atoms with Crippen molar-refractivity contribution in [3.63, 3.8) is 0 Å². The molecule has 8 rings (SSSR count). The van der Waals surface area contributed by atoms with Crippen molar-refractivity contribution >= 4 is 0 Å². The standard InChI is InChI=1S/C54H90O/c1-35(2)13-11-15-37(5)45-21-23-47-43-19-17-39-33-41(25-29-51(39,7)49(43)27-31-53(45,47)9)55-42-26-30-52(8)40(34-42)18-20-44-48-24-22-46(38(6)16-12-14-36(3)4)54(48,10)32-28-50(44)52/h17-18,35-38,41-50H,11-16,19-34H2,1-10H3/t37-,38-,41+,42+,43-,44+,45+,46+,47-,48+,49-,50-,51+,52-,53-,54+/m1/s1. The molecule has 0 amide bonds. The van der Waals surface area contributed by atoms with Gasteiger partial charge in [-0.15, -0.1) is 0 Å². The number of fused-ring (bicyclic) bond motifs is 10. The molecule has 0 aromatic carbocycles. The normalized spacial score (nSPS) is 47.5. The number of rotatable bonds is 12. The van der Waals surface area contributed by atoms with E-state index in [1.54, 1.807) is 0 Å². The summed E-state index contributed by atoms with van der Waals surface area (Å²) in [6.45, 7) is 25.9. The van der Waals surface area contributed by atoms with Gasteiger partial charge in [0.05, 0.1) is 12.2 Å². The third kappa shape index (κ3) is 7.27. The van der Waals surface area contributed by atoms with Gasteiger partial charge in [-0.05, 0) is 195 Å². The van der Waals surface area contributed by atoms with Crippen LogP contribution < -0.4 is 0 Å². The maximum absolute atomic E-state index is 7.26. The summed E-state index contributed by atoms with van der Waals surface area (Å²) in [5.41, 5.74) is 5.67. The molecule has 16 atom stereocenters. The molecule has 0 N–H and O–H groups in total. The van der Waals surface area contributed by atoms with E-state index in [-0.39, 0.29) is 0 Å². The van der Waals surface area contributed by atoms with Gasteiger partial charge in [-0.1, -0.05) is 131 Å². The summed E-state index contributed by atoms with van der Waals surface area (Å²) in [5.74, 6) is 11.1. The highest BCUT2D eigenvalue weighted by atomic mass is 16.5. The summed E-state index contributed by atoms with van der Waals surface area (Å²) in [4.78, 5) is 0. The van der Waals surface area contributed by atoms with Gasteiger partial charge in [-0.25, -0.2) is 0 Å². The van der Waals surface area contributed by atoms with Crippen LogP contribution in [0.4, 0.5) is 0 Å². The highest BCUT2D eigenvalue weighted by Crippen LogP contribution is 2.69. The molecule has 1 heteroatoms. The molecule has 0 saturated heterocycles. The van der Waals surface area contributed by atoms with E-state index in [0.29, 0.717) is 33.9 Å². The van der Waals surface area contributed by atoms with Gasteiger partial charge < -0.3 is 4.74 Å². The molecule has 55 heavy (non-hydrogen) atoms. The maximum Gasteiger partial charge on any atom is 0.0616 e. The first-order chi connectivity index (χ1) is 26.2. The summed E-state index contributed by atoms with van der Waals surface area (Å²) >= 11 is 0. The van der Waals surface area contributed by atoms with Crippen LogP contribution in [-0.4, -0.2) is 12.2 Å². The quantitative estimate of drug-likeness (QED) is 0.180. The molecule has 8 aliphatic rings. The van der Waals surface area contributed by atoms with Crippen LogP contribution in [0.2, 0.25) is 0 Å². The Balaban J connectivity index is 0.872. The highest BCUT2D eigenvalue weighted by molar-refractivity contribution is 5.27. The lowest BCUT2D eigenvalue weighted by molar-refractivity contribution is -0.0927. The SMILES string of the molecule is CC(C)CCC[C@@H](C)[C@@H]1CC[C@H]2[C@@H]3CC=C4C[C@@H](O[C@H]5CC[C@@]6(C)C(=CC[C@@H]7[C@H]8CC[C@@H]([C@H](C)CCCC(C)C)[C@@]8(C)CC[C@H]76)C5)CC[C@@]4(C)[C@@H]3CC[C@]21C. The second-order valence-corrected chi connectivity index (χ2v) is 24.4. The second kappa shape index (κ2) is 15.8. The molecule has 6 fully saturated rings. The molecule has 0 aliphatic heterocycles. The number of allylic oxidation sites excluding steroid dienone is 2. The van der Waals surface area contributed by atoms with E-state index in [1.165, 1.54) is 141 Å². The summed E-state index contributed by atoms with van der Waals surface area (Å²) in [6.07, 6.45) is 37.7. The van der Waals surface area contributed by atoms with Crippen molar-refractivity contribution in [2.45, 2.75) is 223 Å². The molecule has 0 bridgehead atoms. The highest BCUT2D eigenvalue weighted by Gasteiger charge is 2.61. The minimum Gasteiger partial charge on any atom is -0.374 e. The van der Waals surface area contributed by atoms with E-state index >= 15 is 0 Å². The average Bonchev–Trinajstić information content (AvgIpc) is 3.68. The van der Waals surface area contributed by atoms with Crippen molar-refractivity contribution in [1.82, 2.24) is 0 Å². The minimum atomic E-state index is 0.428. The largest absolute Gasteiger partial charge is 0.374 e. The fraction of sp³-hybridized carbons (Fsp3) is 0.926. The van der Waals surface area contributed by atoms with Gasteiger partial charge >= 0.3 is 0 Å². The minimum absolute atomic E-state index is 0.428. The zero-order valence-electron chi connectivity index (χ0n) is 38.2. The Labute approximate surface area is 342 Å². The molecule has 6 saturated carbocycles. The van der Waals surface area contributed by atoms with Gasteiger partial charge in [0, 0.05) is 0 Å². The van der Waals surface area contributed by atoms with Crippen LogP contribution in [0.1, 0.15) is 210 Å². The van der Waals surface area contributed by atoms with Crippen molar-refractivity contribution in [2.75, 3.05) is 0 Å². The fourth-order valence-electron chi connectivity index (χ4n) is 17.8. The predicted octanol–water partition coefficient (Wildman–Crippen LogP) is 15.8. The molecule has 0 radical (unpaired) electrons. The van der Waals surface area contributed by atoms with Crippen molar-refractivity contribution in [2.24, 2.45) is 92.7 Å². The Morgan fingerprint density at radius 2 is 0.927 bits per heavy atom. The maximum atomic E-state index is 7.26. The van der Waals surface area contributed by atoms with Gasteiger partial charge in [0.25, 0.3) is 0 Å². The molecular formula is C54H90O. The molecule has 8 aliphatic carbocycles. The predicted molar refractivity (Wildman–Crippen MR) is 235 cm³/mol. The van der Waals surface area contributed by atoms with Crippen molar-refractivity contribution in [3.8, 4) is 0 Å². The first-order valence-electron chi connectivity index (χ1n) is 25.2. The molecule has 0 heterocycles. The molecule has 0 spiro atoms. The van der Waals surface area contributed by atoms with Crippen molar-refractivity contribution < 1.29 is 4.74 Å². The van der Waals surface area contributed by atoms with Gasteiger partial charge in [0.1, 0.15) is 0 Å². The van der Waals surface area contributed by atoms with Crippen LogP contribution in [0.15, 0.2) is 23.3 Å². The Morgan fingerprint density at radius 3 is 1.33 bits per heavy atom. The van der Waals surface area contributed by atoms with Crippen molar-refractivity contribution in [3.05, 3.63) is 23.3 Å². The first kappa shape index (κ1) is 41.2. The van der Waals surface area contributed by atoms with E-state index in [4.69, 9.17) is 4.74 Å². The summed E-state index contributed by atoms with van der Waals surface area (Å²) in [5, 5.41) is 0. The lowest BCUT2D eigenvalue weighted by Gasteiger charge is -2.59. The van der Waals surface area contributed by atoms with Gasteiger partial charge in [-0.2, -0.15) is 0 Å².